The van der Waals surface area contributed by atoms with Gasteiger partial charge in [-0.3, -0.25) is 14.6 Å². The molecule has 0 radical (unpaired) electrons. The molecule has 0 fully saturated rings. The van der Waals surface area contributed by atoms with Crippen LogP contribution in [0.25, 0.3) is 22.2 Å². The van der Waals surface area contributed by atoms with Crippen molar-refractivity contribution in [3.8, 4) is 17.1 Å². The fourth-order valence-electron chi connectivity index (χ4n) is 3.87. The van der Waals surface area contributed by atoms with E-state index in [2.05, 4.69) is 25.6 Å². The van der Waals surface area contributed by atoms with Gasteiger partial charge in [-0.1, -0.05) is 25.1 Å². The Kier molecular flexibility index (Phi) is 8.59. The van der Waals surface area contributed by atoms with Gasteiger partial charge in [0.2, 0.25) is 6.20 Å². The fraction of sp³-hybridized carbons (Fsp3) is 0.240. The highest BCUT2D eigenvalue weighted by Gasteiger charge is 2.19. The second kappa shape index (κ2) is 11.6. The van der Waals surface area contributed by atoms with Gasteiger partial charge < -0.3 is 15.4 Å². The first-order valence-corrected chi connectivity index (χ1v) is 11.0. The smallest absolute Gasteiger partial charge is 0.416 e. The summed E-state index contributed by atoms with van der Waals surface area (Å²) in [5.41, 5.74) is 3.01. The van der Waals surface area contributed by atoms with Crippen LogP contribution in [0.2, 0.25) is 0 Å². The van der Waals surface area contributed by atoms with E-state index in [4.69, 9.17) is 9.57 Å². The average molecular weight is 512 g/mol. The first-order valence-electron chi connectivity index (χ1n) is 11.0. The summed E-state index contributed by atoms with van der Waals surface area (Å²) < 4.78 is 21.1. The number of aromatic nitrogens is 4. The van der Waals surface area contributed by atoms with Gasteiger partial charge in [0.1, 0.15) is 19.3 Å². The molecule has 4 rings (SSSR count). The van der Waals surface area contributed by atoms with Gasteiger partial charge in [-0.05, 0) is 11.6 Å². The molecule has 1 amide bonds. The average Bonchev–Trinajstić information content (AvgIpc) is 2.90. The number of carbonyl (C=O) groups is 1. The van der Waals surface area contributed by atoms with E-state index in [0.717, 1.165) is 17.3 Å². The van der Waals surface area contributed by atoms with E-state index in [0.29, 0.717) is 34.8 Å². The lowest BCUT2D eigenvalue weighted by atomic mass is 9.96. The molecular weight excluding hydrogens is 483 g/mol. The summed E-state index contributed by atoms with van der Waals surface area (Å²) in [7, 11) is 4.59. The largest absolute Gasteiger partial charge is 0.445 e. The lowest BCUT2D eigenvalue weighted by Crippen LogP contribution is -2.41. The van der Waals surface area contributed by atoms with Crippen molar-refractivity contribution >= 4 is 36.1 Å². The Hall–Kier alpha value is -3.99. The molecule has 0 aliphatic rings. The van der Waals surface area contributed by atoms with Crippen molar-refractivity contribution in [1.29, 1.82) is 0 Å². The van der Waals surface area contributed by atoms with Crippen LogP contribution in [0.3, 0.4) is 0 Å². The predicted octanol–water partition coefficient (Wildman–Crippen LogP) is 2.87. The fourth-order valence-corrected chi connectivity index (χ4v) is 3.87. The lowest BCUT2D eigenvalue weighted by Gasteiger charge is -2.16. The Labute approximate surface area is 215 Å². The molecule has 4 aromatic rings. The number of ether oxygens (including phenoxy) is 1. The van der Waals surface area contributed by atoms with Crippen LogP contribution >= 0.6 is 13.5 Å². The monoisotopic (exact) mass is 511 g/mol. The van der Waals surface area contributed by atoms with E-state index >= 15 is 0 Å². The molecule has 188 valence electrons. The van der Waals surface area contributed by atoms with Gasteiger partial charge >= 0.3 is 5.88 Å². The second-order valence-electron chi connectivity index (χ2n) is 7.84. The summed E-state index contributed by atoms with van der Waals surface area (Å²) >= 11 is 0. The van der Waals surface area contributed by atoms with Crippen LogP contribution in [-0.4, -0.2) is 48.7 Å². The number of halogens is 1. The number of fused-ring (bicyclic) bond motifs is 1. The van der Waals surface area contributed by atoms with Crippen LogP contribution in [0.5, 0.6) is 5.88 Å². The predicted molar refractivity (Wildman–Crippen MR) is 139 cm³/mol. The maximum Gasteiger partial charge on any atom is 0.416 e. The maximum absolute atomic E-state index is 14.4. The standard InChI is InChI=1S/C25H25FN6O3.H2S/c1-15(17-6-5-7-18-23(25(33)27-2)19(26)12-29-24(17)18)11-28-21-10-20(30-14-31-21)16-8-9-22(34-3)32(13-16)35-4;/h5-10,12-15H,11H2,1-4H3,(H-,27,28,30,31,33);1H2/p+1/t15-;/m1./s1. The summed E-state index contributed by atoms with van der Waals surface area (Å²) in [5, 5.41) is 6.30. The van der Waals surface area contributed by atoms with Crippen molar-refractivity contribution in [3.63, 3.8) is 0 Å². The summed E-state index contributed by atoms with van der Waals surface area (Å²) in [6.45, 7) is 2.56. The van der Waals surface area contributed by atoms with E-state index in [-0.39, 0.29) is 25.0 Å². The Morgan fingerprint density at radius 3 is 2.69 bits per heavy atom. The number of hydrogen-bond acceptors (Lipinski definition) is 7. The molecule has 36 heavy (non-hydrogen) atoms. The first-order chi connectivity index (χ1) is 17.0. The number of para-hydroxylation sites is 1. The molecule has 9 nitrogen and oxygen atoms in total. The number of amides is 1. The van der Waals surface area contributed by atoms with E-state index in [1.54, 1.807) is 38.6 Å². The van der Waals surface area contributed by atoms with Crippen molar-refractivity contribution in [2.24, 2.45) is 0 Å². The van der Waals surface area contributed by atoms with Crippen molar-refractivity contribution in [3.05, 3.63) is 72.1 Å². The Morgan fingerprint density at radius 1 is 1.17 bits per heavy atom. The molecule has 0 aliphatic carbocycles. The molecule has 0 unspecified atom stereocenters. The summed E-state index contributed by atoms with van der Waals surface area (Å²) in [4.78, 5) is 30.5. The number of pyridine rings is 2. The van der Waals surface area contributed by atoms with E-state index in [9.17, 15) is 9.18 Å². The summed E-state index contributed by atoms with van der Waals surface area (Å²) in [6.07, 6.45) is 4.36. The van der Waals surface area contributed by atoms with Crippen LogP contribution in [0.15, 0.2) is 55.1 Å². The Morgan fingerprint density at radius 2 is 1.97 bits per heavy atom. The highest BCUT2D eigenvalue weighted by atomic mass is 32.1. The van der Waals surface area contributed by atoms with Gasteiger partial charge in [0.25, 0.3) is 5.91 Å². The van der Waals surface area contributed by atoms with Crippen molar-refractivity contribution in [1.82, 2.24) is 20.3 Å². The zero-order valence-electron chi connectivity index (χ0n) is 20.4. The Balaban J connectivity index is 0.00000361. The number of nitrogens with one attached hydrogen (secondary N) is 2. The van der Waals surface area contributed by atoms with Gasteiger partial charge in [-0.2, -0.15) is 13.5 Å². The first kappa shape index (κ1) is 26.6. The normalized spacial score (nSPS) is 11.4. The highest BCUT2D eigenvalue weighted by Crippen LogP contribution is 2.28. The minimum absolute atomic E-state index is 0. The third kappa shape index (κ3) is 5.30. The van der Waals surface area contributed by atoms with Gasteiger partial charge in [0.05, 0.1) is 41.7 Å². The van der Waals surface area contributed by atoms with E-state index in [1.165, 1.54) is 18.1 Å². The van der Waals surface area contributed by atoms with Crippen molar-refractivity contribution in [2.75, 3.05) is 33.1 Å². The van der Waals surface area contributed by atoms with Crippen LogP contribution in [0, 0.1) is 5.82 Å². The highest BCUT2D eigenvalue weighted by molar-refractivity contribution is 7.59. The molecule has 0 spiro atoms. The number of benzene rings is 1. The number of anilines is 1. The van der Waals surface area contributed by atoms with Gasteiger partial charge in [0.15, 0.2) is 5.82 Å². The van der Waals surface area contributed by atoms with Gasteiger partial charge in [-0.15, -0.1) is 0 Å². The minimum Gasteiger partial charge on any atom is -0.445 e. The minimum atomic E-state index is -0.651. The van der Waals surface area contributed by atoms with Crippen LogP contribution in [-0.2, 0) is 0 Å². The molecular formula is C25H28FN6O3S+. The number of nitrogens with zero attached hydrogens (tertiary/aromatic N) is 4. The maximum atomic E-state index is 14.4. The van der Waals surface area contributed by atoms with Gasteiger partial charge in [-0.25, -0.2) is 14.4 Å². The van der Waals surface area contributed by atoms with Gasteiger partial charge in [0, 0.05) is 35.7 Å². The number of rotatable bonds is 8. The van der Waals surface area contributed by atoms with Crippen LogP contribution < -0.4 is 24.9 Å². The quantitative estimate of drug-likeness (QED) is 0.351. The lowest BCUT2D eigenvalue weighted by molar-refractivity contribution is -0.886. The van der Waals surface area contributed by atoms with E-state index < -0.39 is 11.7 Å². The molecule has 1 aromatic carbocycles. The van der Waals surface area contributed by atoms with Crippen molar-refractivity contribution < 1.29 is 23.5 Å². The zero-order valence-corrected chi connectivity index (χ0v) is 21.4. The van der Waals surface area contributed by atoms with E-state index in [1.807, 2.05) is 25.1 Å². The molecule has 2 N–H and O–H groups in total. The SMILES string of the molecule is CNC(=O)c1c(F)cnc2c([C@H](C)CNc3cc(-c4ccc(OC)[n+](OC)c4)ncn3)cccc12.S. The molecule has 11 heteroatoms. The molecule has 0 aliphatic heterocycles. The van der Waals surface area contributed by atoms with Crippen LogP contribution in [0.4, 0.5) is 10.2 Å². The molecule has 3 aromatic heterocycles. The third-order valence-electron chi connectivity index (χ3n) is 5.70. The third-order valence-corrected chi connectivity index (χ3v) is 5.70. The Bertz CT molecular complexity index is 1390. The zero-order chi connectivity index (χ0) is 24.9. The second-order valence-corrected chi connectivity index (χ2v) is 7.84. The number of carbonyl (C=O) groups excluding carboxylic acids is 1. The molecule has 0 bridgehead atoms. The van der Waals surface area contributed by atoms with Crippen molar-refractivity contribution in [2.45, 2.75) is 12.8 Å². The summed E-state index contributed by atoms with van der Waals surface area (Å²) in [6, 6.07) is 11.0. The van der Waals surface area contributed by atoms with Crippen LogP contribution in [0.1, 0.15) is 28.8 Å². The number of methoxy groups -OCH3 is 1. The molecule has 3 heterocycles. The summed E-state index contributed by atoms with van der Waals surface area (Å²) in [5.74, 6) is 0.0538. The molecule has 0 saturated carbocycles. The number of hydrogen-bond donors (Lipinski definition) is 2. The molecule has 1 atom stereocenters. The molecule has 0 saturated heterocycles. The topological polar surface area (TPSA) is 102 Å².